The predicted octanol–water partition coefficient (Wildman–Crippen LogP) is 0.301. The summed E-state index contributed by atoms with van der Waals surface area (Å²) in [6.07, 6.45) is 0.750. The summed E-state index contributed by atoms with van der Waals surface area (Å²) in [6.45, 7) is 2.91. The smallest absolute Gasteiger partial charge is 0.254 e. The number of aliphatic hydroxyl groups excluding tert-OH is 1. The van der Waals surface area contributed by atoms with E-state index in [-0.39, 0.29) is 25.0 Å². The van der Waals surface area contributed by atoms with E-state index < -0.39 is 0 Å². The van der Waals surface area contributed by atoms with E-state index in [1.807, 2.05) is 13.0 Å². The Hall–Kier alpha value is -2.32. The van der Waals surface area contributed by atoms with Crippen molar-refractivity contribution in [1.82, 2.24) is 10.2 Å². The maximum Gasteiger partial charge on any atom is 0.254 e. The second kappa shape index (κ2) is 6.91. The fraction of sp³-hybridized carbons (Fsp3) is 0.375. The van der Waals surface area contributed by atoms with Gasteiger partial charge >= 0.3 is 0 Å². The number of hydrogen-bond acceptors (Lipinski definition) is 3. The summed E-state index contributed by atoms with van der Waals surface area (Å²) in [6, 6.07) is 5.34. The normalized spacial score (nSPS) is 14.8. The topological polar surface area (TPSA) is 69.6 Å². The van der Waals surface area contributed by atoms with E-state index in [2.05, 4.69) is 17.2 Å². The van der Waals surface area contributed by atoms with Crippen molar-refractivity contribution in [2.75, 3.05) is 26.2 Å². The molecular weight excluding hydrogens is 268 g/mol. The van der Waals surface area contributed by atoms with Gasteiger partial charge in [-0.2, -0.15) is 0 Å². The molecule has 1 saturated heterocycles. The van der Waals surface area contributed by atoms with Crippen LogP contribution in [-0.4, -0.2) is 48.1 Å². The lowest BCUT2D eigenvalue weighted by Gasteiger charge is -2.19. The second-order valence-electron chi connectivity index (χ2n) is 4.98. The minimum atomic E-state index is -0.219. The molecule has 1 heterocycles. The number of aliphatic hydroxyl groups is 1. The van der Waals surface area contributed by atoms with Crippen LogP contribution in [0.4, 0.5) is 0 Å². The molecule has 1 aromatic carbocycles. The zero-order chi connectivity index (χ0) is 15.2. The molecule has 0 aliphatic carbocycles. The Morgan fingerprint density at radius 3 is 3.00 bits per heavy atom. The van der Waals surface area contributed by atoms with Gasteiger partial charge in [0.1, 0.15) is 6.61 Å². The minimum absolute atomic E-state index is 0.0877. The van der Waals surface area contributed by atoms with E-state index in [0.717, 1.165) is 12.0 Å². The number of carbonyl (C=O) groups is 2. The molecule has 5 nitrogen and oxygen atoms in total. The highest BCUT2D eigenvalue weighted by molar-refractivity contribution is 5.97. The van der Waals surface area contributed by atoms with Gasteiger partial charge < -0.3 is 15.3 Å². The molecular formula is C16H18N2O3. The monoisotopic (exact) mass is 286 g/mol. The van der Waals surface area contributed by atoms with E-state index in [1.54, 1.807) is 17.0 Å². The van der Waals surface area contributed by atoms with E-state index in [0.29, 0.717) is 24.2 Å². The van der Waals surface area contributed by atoms with Crippen molar-refractivity contribution in [3.63, 3.8) is 0 Å². The van der Waals surface area contributed by atoms with Gasteiger partial charge in [-0.15, -0.1) is 0 Å². The lowest BCUT2D eigenvalue weighted by Crippen LogP contribution is -2.37. The van der Waals surface area contributed by atoms with Gasteiger partial charge in [0.25, 0.3) is 5.91 Å². The molecule has 0 unspecified atom stereocenters. The van der Waals surface area contributed by atoms with Crippen molar-refractivity contribution in [3.8, 4) is 11.8 Å². The van der Waals surface area contributed by atoms with Crippen LogP contribution in [0.3, 0.4) is 0 Å². The average molecular weight is 286 g/mol. The summed E-state index contributed by atoms with van der Waals surface area (Å²) in [5, 5.41) is 11.5. The first-order chi connectivity index (χ1) is 10.1. The summed E-state index contributed by atoms with van der Waals surface area (Å²) < 4.78 is 0. The molecule has 2 rings (SSSR count). The van der Waals surface area contributed by atoms with E-state index in [4.69, 9.17) is 5.11 Å². The average Bonchev–Trinajstić information content (AvgIpc) is 2.68. The van der Waals surface area contributed by atoms with Crippen LogP contribution >= 0.6 is 0 Å². The van der Waals surface area contributed by atoms with Crippen molar-refractivity contribution in [2.45, 2.75) is 13.3 Å². The zero-order valence-corrected chi connectivity index (χ0v) is 12.0. The van der Waals surface area contributed by atoms with Gasteiger partial charge in [0, 0.05) is 24.2 Å². The number of nitrogens with one attached hydrogen (secondary N) is 1. The standard InChI is InChI=1S/C16H18N2O3/c1-12-8-13(4-2-7-19)10-14(9-12)16(21)18-6-3-5-17-15(20)11-18/h8-10,19H,3,5-7,11H2,1H3,(H,17,20). The Balaban J connectivity index is 2.25. The van der Waals surface area contributed by atoms with Gasteiger partial charge in [0.05, 0.1) is 6.54 Å². The molecule has 0 bridgehead atoms. The van der Waals surface area contributed by atoms with Gasteiger partial charge in [0.15, 0.2) is 0 Å². The molecule has 0 atom stereocenters. The Kier molecular flexibility index (Phi) is 4.96. The van der Waals surface area contributed by atoms with Crippen molar-refractivity contribution in [1.29, 1.82) is 0 Å². The lowest BCUT2D eigenvalue weighted by atomic mass is 10.1. The van der Waals surface area contributed by atoms with E-state index in [9.17, 15) is 9.59 Å². The molecule has 1 aliphatic rings. The number of rotatable bonds is 1. The maximum atomic E-state index is 12.5. The molecule has 2 N–H and O–H groups in total. The van der Waals surface area contributed by atoms with Crippen molar-refractivity contribution in [3.05, 3.63) is 34.9 Å². The highest BCUT2D eigenvalue weighted by Crippen LogP contribution is 2.12. The Bertz CT molecular complexity index is 614. The first-order valence-electron chi connectivity index (χ1n) is 6.87. The van der Waals surface area contributed by atoms with Crippen molar-refractivity contribution in [2.24, 2.45) is 0 Å². The molecule has 5 heteroatoms. The molecule has 2 amide bonds. The summed E-state index contributed by atoms with van der Waals surface area (Å²) in [4.78, 5) is 25.6. The first-order valence-corrected chi connectivity index (χ1v) is 6.87. The highest BCUT2D eigenvalue weighted by atomic mass is 16.2. The van der Waals surface area contributed by atoms with Crippen molar-refractivity contribution >= 4 is 11.8 Å². The van der Waals surface area contributed by atoms with Gasteiger partial charge in [-0.1, -0.05) is 11.8 Å². The van der Waals surface area contributed by atoms with Gasteiger partial charge in [-0.3, -0.25) is 9.59 Å². The maximum absolute atomic E-state index is 12.5. The molecule has 0 saturated carbocycles. The first kappa shape index (κ1) is 15.1. The van der Waals surface area contributed by atoms with Gasteiger partial charge in [-0.25, -0.2) is 0 Å². The van der Waals surface area contributed by atoms with Crippen LogP contribution in [0.15, 0.2) is 18.2 Å². The molecule has 1 aromatic rings. The highest BCUT2D eigenvalue weighted by Gasteiger charge is 2.21. The summed E-state index contributed by atoms with van der Waals surface area (Å²) in [5.41, 5.74) is 2.13. The third-order valence-electron chi connectivity index (χ3n) is 3.18. The molecule has 21 heavy (non-hydrogen) atoms. The van der Waals surface area contributed by atoms with Crippen LogP contribution in [0.2, 0.25) is 0 Å². The van der Waals surface area contributed by atoms with Crippen LogP contribution in [0.1, 0.15) is 27.9 Å². The zero-order valence-electron chi connectivity index (χ0n) is 12.0. The number of benzene rings is 1. The fourth-order valence-electron chi connectivity index (χ4n) is 2.28. The molecule has 0 spiro atoms. The third-order valence-corrected chi connectivity index (χ3v) is 3.18. The third kappa shape index (κ3) is 4.07. The molecule has 0 radical (unpaired) electrons. The Labute approximate surface area is 124 Å². The quantitative estimate of drug-likeness (QED) is 0.730. The van der Waals surface area contributed by atoms with E-state index >= 15 is 0 Å². The molecule has 1 fully saturated rings. The van der Waals surface area contributed by atoms with Crippen LogP contribution in [-0.2, 0) is 4.79 Å². The van der Waals surface area contributed by atoms with Crippen LogP contribution in [0.5, 0.6) is 0 Å². The number of carbonyl (C=O) groups excluding carboxylic acids is 2. The van der Waals surface area contributed by atoms with Gasteiger partial charge in [-0.05, 0) is 37.1 Å². The SMILES string of the molecule is Cc1cc(C#CCO)cc(C(=O)N2CCCNC(=O)C2)c1. The summed E-state index contributed by atoms with van der Waals surface area (Å²) in [7, 11) is 0. The van der Waals surface area contributed by atoms with Crippen LogP contribution in [0.25, 0.3) is 0 Å². The van der Waals surface area contributed by atoms with Crippen molar-refractivity contribution < 1.29 is 14.7 Å². The van der Waals surface area contributed by atoms with Crippen LogP contribution in [0, 0.1) is 18.8 Å². The number of hydrogen-bond donors (Lipinski definition) is 2. The van der Waals surface area contributed by atoms with Gasteiger partial charge in [0.2, 0.25) is 5.91 Å². The number of aryl methyl sites for hydroxylation is 1. The Morgan fingerprint density at radius 2 is 2.24 bits per heavy atom. The van der Waals surface area contributed by atoms with Crippen LogP contribution < -0.4 is 5.32 Å². The largest absolute Gasteiger partial charge is 0.384 e. The second-order valence-corrected chi connectivity index (χ2v) is 4.98. The molecule has 0 aromatic heterocycles. The molecule has 1 aliphatic heterocycles. The van der Waals surface area contributed by atoms with E-state index in [1.165, 1.54) is 0 Å². The Morgan fingerprint density at radius 1 is 1.43 bits per heavy atom. The summed E-state index contributed by atoms with van der Waals surface area (Å²) >= 11 is 0. The molecule has 110 valence electrons. The lowest BCUT2D eigenvalue weighted by molar-refractivity contribution is -0.121. The predicted molar refractivity (Wildman–Crippen MR) is 78.7 cm³/mol. The number of nitrogens with zero attached hydrogens (tertiary/aromatic N) is 1. The minimum Gasteiger partial charge on any atom is -0.384 e. The summed E-state index contributed by atoms with van der Waals surface area (Å²) in [5.74, 6) is 5.08. The number of amides is 2. The fourth-order valence-corrected chi connectivity index (χ4v) is 2.28.